The first-order valence-electron chi connectivity index (χ1n) is 11.0. The molecule has 1 aliphatic rings. The Morgan fingerprint density at radius 2 is 1.57 bits per heavy atom. The number of amides is 2. The van der Waals surface area contributed by atoms with Crippen LogP contribution in [-0.2, 0) is 21.4 Å². The Labute approximate surface area is 205 Å². The first kappa shape index (κ1) is 24.2. The molecule has 0 saturated heterocycles. The number of benzene rings is 3. The summed E-state index contributed by atoms with van der Waals surface area (Å²) < 4.78 is 32.6. The lowest BCUT2D eigenvalue weighted by atomic mass is 10.0. The van der Waals surface area contributed by atoms with E-state index in [1.807, 2.05) is 19.9 Å². The van der Waals surface area contributed by atoms with Crippen molar-refractivity contribution >= 4 is 32.4 Å². The van der Waals surface area contributed by atoms with Gasteiger partial charge in [0.1, 0.15) is 10.7 Å². The largest absolute Gasteiger partial charge is 0.497 e. The van der Waals surface area contributed by atoms with Crippen LogP contribution in [0.3, 0.4) is 0 Å². The van der Waals surface area contributed by atoms with Crippen molar-refractivity contribution < 1.29 is 22.7 Å². The molecule has 180 valence electrons. The Bertz CT molecular complexity index is 1440. The Morgan fingerprint density at radius 1 is 0.914 bits per heavy atom. The predicted molar refractivity (Wildman–Crippen MR) is 135 cm³/mol. The van der Waals surface area contributed by atoms with Gasteiger partial charge in [0, 0.05) is 16.8 Å². The van der Waals surface area contributed by atoms with Crippen LogP contribution in [0.25, 0.3) is 4.91 Å². The minimum Gasteiger partial charge on any atom is -0.497 e. The molecule has 2 amide bonds. The maximum absolute atomic E-state index is 13.3. The lowest BCUT2D eigenvalue weighted by Crippen LogP contribution is -2.30. The van der Waals surface area contributed by atoms with Crippen LogP contribution in [0.2, 0.25) is 0 Å². The normalized spacial score (nSPS) is 14.9. The zero-order valence-electron chi connectivity index (χ0n) is 20.0. The molecule has 0 aromatic heterocycles. The van der Waals surface area contributed by atoms with Crippen LogP contribution in [-0.4, -0.2) is 31.6 Å². The molecule has 0 radical (unpaired) electrons. The van der Waals surface area contributed by atoms with Crippen LogP contribution in [0.5, 0.6) is 5.75 Å². The molecule has 0 saturated carbocycles. The van der Waals surface area contributed by atoms with Gasteiger partial charge in [0.25, 0.3) is 21.8 Å². The minimum absolute atomic E-state index is 0.0427. The highest BCUT2D eigenvalue weighted by molar-refractivity contribution is 7.99. The van der Waals surface area contributed by atoms with E-state index in [4.69, 9.17) is 4.74 Å². The third kappa shape index (κ3) is 4.70. The number of nitrogens with zero attached hydrogens (tertiary/aromatic N) is 1. The third-order valence-corrected chi connectivity index (χ3v) is 8.03. The number of hydrogen-bond donors (Lipinski definition) is 1. The monoisotopic (exact) mass is 490 g/mol. The smallest absolute Gasteiger partial charge is 0.268 e. The predicted octanol–water partition coefficient (Wildman–Crippen LogP) is 4.67. The van der Waals surface area contributed by atoms with Gasteiger partial charge in [0.2, 0.25) is 0 Å². The standard InChI is InChI=1S/C27H26N2O5S/c1-17-5-8-22(15-18(17)2)25-19(3)27(31)29(35(25,32)33)16-20-6-9-21(10-7-20)26(30)28-23-11-13-24(34-4)14-12-23/h5-15H,16H2,1-4H3,(H,28,30). The highest BCUT2D eigenvalue weighted by Crippen LogP contribution is 2.37. The number of aryl methyl sites for hydroxylation is 2. The third-order valence-electron chi connectivity index (χ3n) is 6.10. The number of hydrogen-bond acceptors (Lipinski definition) is 5. The molecule has 8 heteroatoms. The molecule has 3 aromatic carbocycles. The van der Waals surface area contributed by atoms with Crippen molar-refractivity contribution in [3.63, 3.8) is 0 Å². The summed E-state index contributed by atoms with van der Waals surface area (Å²) >= 11 is 0. The van der Waals surface area contributed by atoms with Crippen molar-refractivity contribution in [3.8, 4) is 5.75 Å². The zero-order valence-corrected chi connectivity index (χ0v) is 20.8. The molecule has 1 aliphatic heterocycles. The average molecular weight is 491 g/mol. The van der Waals surface area contributed by atoms with Gasteiger partial charge in [-0.3, -0.25) is 9.59 Å². The summed E-state index contributed by atoms with van der Waals surface area (Å²) in [4.78, 5) is 25.5. The van der Waals surface area contributed by atoms with Crippen molar-refractivity contribution in [1.29, 1.82) is 0 Å². The molecule has 0 aliphatic carbocycles. The van der Waals surface area contributed by atoms with Gasteiger partial charge in [-0.05, 0) is 79.4 Å². The summed E-state index contributed by atoms with van der Waals surface area (Å²) in [6.45, 7) is 5.27. The van der Waals surface area contributed by atoms with E-state index < -0.39 is 15.9 Å². The fourth-order valence-corrected chi connectivity index (χ4v) is 5.70. The summed E-state index contributed by atoms with van der Waals surface area (Å²) in [5.41, 5.74) is 4.32. The topological polar surface area (TPSA) is 92.8 Å². The van der Waals surface area contributed by atoms with Crippen LogP contribution < -0.4 is 10.1 Å². The number of anilines is 1. The number of rotatable bonds is 6. The van der Waals surface area contributed by atoms with Crippen molar-refractivity contribution in [2.24, 2.45) is 0 Å². The number of carbonyl (C=O) groups is 2. The number of sulfonamides is 1. The van der Waals surface area contributed by atoms with Crippen molar-refractivity contribution in [1.82, 2.24) is 4.31 Å². The van der Waals surface area contributed by atoms with Gasteiger partial charge in [0.05, 0.1) is 13.7 Å². The quantitative estimate of drug-likeness (QED) is 0.542. The van der Waals surface area contributed by atoms with E-state index in [9.17, 15) is 18.0 Å². The average Bonchev–Trinajstić information content (AvgIpc) is 3.01. The Balaban J connectivity index is 1.50. The van der Waals surface area contributed by atoms with Gasteiger partial charge in [-0.25, -0.2) is 12.7 Å². The van der Waals surface area contributed by atoms with Gasteiger partial charge < -0.3 is 10.1 Å². The minimum atomic E-state index is -4.01. The maximum atomic E-state index is 13.3. The number of nitrogens with one attached hydrogen (secondary N) is 1. The van der Waals surface area contributed by atoms with E-state index in [0.29, 0.717) is 28.1 Å². The fraction of sp³-hybridized carbons (Fsp3) is 0.185. The Morgan fingerprint density at radius 3 is 2.17 bits per heavy atom. The molecule has 0 atom stereocenters. The summed E-state index contributed by atoms with van der Waals surface area (Å²) in [6, 6.07) is 18.8. The lowest BCUT2D eigenvalue weighted by molar-refractivity contribution is -0.122. The SMILES string of the molecule is COc1ccc(NC(=O)c2ccc(CN3C(=O)C(C)=C(c4ccc(C)c(C)c4)S3(=O)=O)cc2)cc1. The van der Waals surface area contributed by atoms with Gasteiger partial charge in [0.15, 0.2) is 0 Å². The number of ether oxygens (including phenoxy) is 1. The van der Waals surface area contributed by atoms with Gasteiger partial charge in [-0.1, -0.05) is 30.3 Å². The molecule has 3 aromatic rings. The highest BCUT2D eigenvalue weighted by Gasteiger charge is 2.42. The summed E-state index contributed by atoms with van der Waals surface area (Å²) in [6.07, 6.45) is 0. The van der Waals surface area contributed by atoms with Gasteiger partial charge >= 0.3 is 0 Å². The van der Waals surface area contributed by atoms with E-state index in [1.165, 1.54) is 6.92 Å². The highest BCUT2D eigenvalue weighted by atomic mass is 32.2. The fourth-order valence-electron chi connectivity index (χ4n) is 3.91. The van der Waals surface area contributed by atoms with E-state index >= 15 is 0 Å². The van der Waals surface area contributed by atoms with Crippen molar-refractivity contribution in [2.75, 3.05) is 12.4 Å². The van der Waals surface area contributed by atoms with Crippen LogP contribution >= 0.6 is 0 Å². The molecule has 35 heavy (non-hydrogen) atoms. The molecule has 0 spiro atoms. The second kappa shape index (κ2) is 9.38. The molecule has 0 fully saturated rings. The van der Waals surface area contributed by atoms with Crippen LogP contribution in [0, 0.1) is 13.8 Å². The number of methoxy groups -OCH3 is 1. The molecule has 1 heterocycles. The van der Waals surface area contributed by atoms with Crippen molar-refractivity contribution in [3.05, 3.63) is 100 Å². The molecule has 4 rings (SSSR count). The molecule has 0 bridgehead atoms. The van der Waals surface area contributed by atoms with Crippen LogP contribution in [0.15, 0.2) is 72.3 Å². The molecule has 0 unspecified atom stereocenters. The Hall–Kier alpha value is -3.91. The first-order chi connectivity index (χ1) is 16.6. The van der Waals surface area contributed by atoms with Crippen LogP contribution in [0.1, 0.15) is 39.5 Å². The first-order valence-corrected chi connectivity index (χ1v) is 12.5. The van der Waals surface area contributed by atoms with E-state index in [0.717, 1.165) is 15.4 Å². The number of carbonyl (C=O) groups excluding carboxylic acids is 2. The lowest BCUT2D eigenvalue weighted by Gasteiger charge is -2.17. The van der Waals surface area contributed by atoms with Gasteiger partial charge in [-0.2, -0.15) is 0 Å². The van der Waals surface area contributed by atoms with Crippen LogP contribution in [0.4, 0.5) is 5.69 Å². The molecule has 1 N–H and O–H groups in total. The molecular weight excluding hydrogens is 464 g/mol. The zero-order chi connectivity index (χ0) is 25.3. The maximum Gasteiger partial charge on any atom is 0.268 e. The van der Waals surface area contributed by atoms with Gasteiger partial charge in [-0.15, -0.1) is 0 Å². The molecular formula is C27H26N2O5S. The summed E-state index contributed by atoms with van der Waals surface area (Å²) in [5, 5.41) is 2.80. The molecule has 7 nitrogen and oxygen atoms in total. The van der Waals surface area contributed by atoms with E-state index in [-0.39, 0.29) is 22.9 Å². The van der Waals surface area contributed by atoms with E-state index in [1.54, 1.807) is 67.8 Å². The van der Waals surface area contributed by atoms with E-state index in [2.05, 4.69) is 5.32 Å². The Kier molecular flexibility index (Phi) is 6.49. The summed E-state index contributed by atoms with van der Waals surface area (Å²) in [7, 11) is -2.44. The summed E-state index contributed by atoms with van der Waals surface area (Å²) in [5.74, 6) is -0.162. The van der Waals surface area contributed by atoms with Crippen molar-refractivity contribution in [2.45, 2.75) is 27.3 Å². The second-order valence-corrected chi connectivity index (χ2v) is 10.2. The second-order valence-electron chi connectivity index (χ2n) is 8.45.